The zero-order chi connectivity index (χ0) is 18.3. The van der Waals surface area contributed by atoms with Gasteiger partial charge in [0.2, 0.25) is 0 Å². The van der Waals surface area contributed by atoms with Crippen molar-refractivity contribution in [3.8, 4) is 0 Å². The number of imidazole rings is 1. The van der Waals surface area contributed by atoms with E-state index in [1.54, 1.807) is 18.3 Å². The van der Waals surface area contributed by atoms with E-state index in [9.17, 15) is 9.59 Å². The molecule has 7 heteroatoms. The molecule has 1 aromatic carbocycles. The van der Waals surface area contributed by atoms with Gasteiger partial charge in [0.25, 0.3) is 0 Å². The van der Waals surface area contributed by atoms with Gasteiger partial charge in [-0.05, 0) is 37.3 Å². The minimum absolute atomic E-state index is 0.0462. The van der Waals surface area contributed by atoms with Crippen LogP contribution in [-0.4, -0.2) is 15.4 Å². The van der Waals surface area contributed by atoms with Gasteiger partial charge in [-0.3, -0.25) is 0 Å². The van der Waals surface area contributed by atoms with E-state index in [4.69, 9.17) is 9.15 Å². The summed E-state index contributed by atoms with van der Waals surface area (Å²) in [5.74, 6) is -0.549. The van der Waals surface area contributed by atoms with Crippen molar-refractivity contribution in [2.24, 2.45) is 0 Å². The van der Waals surface area contributed by atoms with Crippen LogP contribution in [0.2, 0.25) is 0 Å². The van der Waals surface area contributed by atoms with Crippen LogP contribution in [0.4, 0.5) is 0 Å². The molecule has 3 heterocycles. The van der Waals surface area contributed by atoms with Crippen LogP contribution in [-0.2, 0) is 11.3 Å². The summed E-state index contributed by atoms with van der Waals surface area (Å²) in [5.41, 5.74) is 2.37. The molecule has 6 nitrogen and oxygen atoms in total. The van der Waals surface area contributed by atoms with E-state index in [1.807, 2.05) is 35.6 Å². The first-order valence-electron chi connectivity index (χ1n) is 7.85. The quantitative estimate of drug-likeness (QED) is 0.377. The molecule has 0 unspecified atom stereocenters. The van der Waals surface area contributed by atoms with Crippen molar-refractivity contribution in [1.29, 1.82) is 0 Å². The Morgan fingerprint density at radius 1 is 1.27 bits per heavy atom. The summed E-state index contributed by atoms with van der Waals surface area (Å²) in [5, 5.41) is 0.714. The second-order valence-corrected chi connectivity index (χ2v) is 6.74. The summed E-state index contributed by atoms with van der Waals surface area (Å²) in [6, 6.07) is 12.3. The molecule has 0 atom stereocenters. The maximum absolute atomic E-state index is 12.4. The number of benzene rings is 1. The summed E-state index contributed by atoms with van der Waals surface area (Å²) in [7, 11) is 0. The molecule has 0 aliphatic carbocycles. The number of carbonyl (C=O) groups excluding carboxylic acids is 1. The molecular weight excluding hydrogens is 400 g/mol. The minimum Gasteiger partial charge on any atom is -0.456 e. The SMILES string of the molecule is Cc1cccc2nc(C(=O)OCc3cc(=O)oc4cc(Br)ccc34)cn12. The maximum atomic E-state index is 12.4. The van der Waals surface area contributed by atoms with Gasteiger partial charge in [0.05, 0.1) is 0 Å². The Balaban J connectivity index is 1.62. The van der Waals surface area contributed by atoms with Crippen molar-refractivity contribution < 1.29 is 13.9 Å². The molecule has 0 spiro atoms. The van der Waals surface area contributed by atoms with E-state index >= 15 is 0 Å². The molecule has 0 fully saturated rings. The lowest BCUT2D eigenvalue weighted by Gasteiger charge is -2.06. The maximum Gasteiger partial charge on any atom is 0.358 e. The topological polar surface area (TPSA) is 73.8 Å². The summed E-state index contributed by atoms with van der Waals surface area (Å²) in [6.45, 7) is 1.88. The highest BCUT2D eigenvalue weighted by atomic mass is 79.9. The number of ether oxygens (including phenoxy) is 1. The van der Waals surface area contributed by atoms with Crippen LogP contribution in [0, 0.1) is 6.92 Å². The van der Waals surface area contributed by atoms with Gasteiger partial charge >= 0.3 is 11.6 Å². The number of fused-ring (bicyclic) bond motifs is 2. The summed E-state index contributed by atoms with van der Waals surface area (Å²) >= 11 is 3.34. The zero-order valence-corrected chi connectivity index (χ0v) is 15.3. The lowest BCUT2D eigenvalue weighted by Crippen LogP contribution is -2.08. The van der Waals surface area contributed by atoms with E-state index in [-0.39, 0.29) is 12.3 Å². The fourth-order valence-corrected chi connectivity index (χ4v) is 3.13. The first-order valence-corrected chi connectivity index (χ1v) is 8.65. The van der Waals surface area contributed by atoms with Gasteiger partial charge in [-0.25, -0.2) is 14.6 Å². The first-order chi connectivity index (χ1) is 12.5. The van der Waals surface area contributed by atoms with Gasteiger partial charge in [-0.2, -0.15) is 0 Å². The molecule has 3 aromatic heterocycles. The molecule has 0 amide bonds. The highest BCUT2D eigenvalue weighted by molar-refractivity contribution is 9.10. The molecule has 4 aromatic rings. The van der Waals surface area contributed by atoms with Crippen molar-refractivity contribution in [3.05, 3.63) is 80.5 Å². The number of hydrogen-bond acceptors (Lipinski definition) is 5. The summed E-state index contributed by atoms with van der Waals surface area (Å²) in [6.07, 6.45) is 1.64. The van der Waals surface area contributed by atoms with E-state index in [1.165, 1.54) is 6.07 Å². The van der Waals surface area contributed by atoms with Crippen LogP contribution < -0.4 is 5.63 Å². The third kappa shape index (κ3) is 3.01. The molecule has 0 saturated heterocycles. The first kappa shape index (κ1) is 16.5. The normalized spacial score (nSPS) is 11.2. The average Bonchev–Trinajstić information content (AvgIpc) is 3.04. The van der Waals surface area contributed by atoms with Crippen LogP contribution in [0.25, 0.3) is 16.6 Å². The molecule has 0 aliphatic rings. The lowest BCUT2D eigenvalue weighted by molar-refractivity contribution is 0.0467. The average molecular weight is 413 g/mol. The molecule has 0 N–H and O–H groups in total. The van der Waals surface area contributed by atoms with E-state index in [0.717, 1.165) is 10.2 Å². The second kappa shape index (κ2) is 6.42. The van der Waals surface area contributed by atoms with Crippen LogP contribution >= 0.6 is 15.9 Å². The Morgan fingerprint density at radius 2 is 2.12 bits per heavy atom. The van der Waals surface area contributed by atoms with Crippen molar-refractivity contribution in [3.63, 3.8) is 0 Å². The molecule has 130 valence electrons. The monoisotopic (exact) mass is 412 g/mol. The molecule has 26 heavy (non-hydrogen) atoms. The largest absolute Gasteiger partial charge is 0.456 e. The highest BCUT2D eigenvalue weighted by Gasteiger charge is 2.14. The Bertz CT molecular complexity index is 1210. The van der Waals surface area contributed by atoms with Gasteiger partial charge in [0, 0.05) is 33.4 Å². The highest BCUT2D eigenvalue weighted by Crippen LogP contribution is 2.22. The number of nitrogens with zero attached hydrogens (tertiary/aromatic N) is 2. The Labute approximate surface area is 156 Å². The molecule has 0 aliphatic heterocycles. The van der Waals surface area contributed by atoms with Crippen molar-refractivity contribution >= 4 is 38.5 Å². The van der Waals surface area contributed by atoms with Gasteiger partial charge in [0.1, 0.15) is 17.8 Å². The third-order valence-corrected chi connectivity index (χ3v) is 4.55. The Hall–Kier alpha value is -2.93. The standard InChI is InChI=1S/C19H13BrN2O4/c1-11-3-2-4-17-21-15(9-22(11)17)19(24)25-10-12-7-18(23)26-16-8-13(20)5-6-14(12)16/h2-9H,10H2,1H3. The number of pyridine rings is 1. The number of rotatable bonds is 3. The molecule has 0 saturated carbocycles. The zero-order valence-electron chi connectivity index (χ0n) is 13.7. The fourth-order valence-electron chi connectivity index (χ4n) is 2.79. The van der Waals surface area contributed by atoms with Crippen molar-refractivity contribution in [1.82, 2.24) is 9.38 Å². The van der Waals surface area contributed by atoms with Gasteiger partial charge in [0.15, 0.2) is 5.69 Å². The van der Waals surface area contributed by atoms with Crippen molar-refractivity contribution in [2.45, 2.75) is 13.5 Å². The molecule has 4 rings (SSSR count). The molecular formula is C19H13BrN2O4. The smallest absolute Gasteiger partial charge is 0.358 e. The predicted molar refractivity (Wildman–Crippen MR) is 99.2 cm³/mol. The van der Waals surface area contributed by atoms with E-state index in [2.05, 4.69) is 20.9 Å². The van der Waals surface area contributed by atoms with Crippen molar-refractivity contribution in [2.75, 3.05) is 0 Å². The number of aromatic nitrogens is 2. The number of aryl methyl sites for hydroxylation is 1. The minimum atomic E-state index is -0.549. The van der Waals surface area contributed by atoms with E-state index in [0.29, 0.717) is 22.2 Å². The third-order valence-electron chi connectivity index (χ3n) is 4.06. The summed E-state index contributed by atoms with van der Waals surface area (Å²) < 4.78 is 13.2. The van der Waals surface area contributed by atoms with Gasteiger partial charge < -0.3 is 13.6 Å². The summed E-state index contributed by atoms with van der Waals surface area (Å²) in [4.78, 5) is 28.4. The number of esters is 1. The Kier molecular flexibility index (Phi) is 4.08. The predicted octanol–water partition coefficient (Wildman–Crippen LogP) is 3.87. The Morgan fingerprint density at radius 3 is 2.92 bits per heavy atom. The number of hydrogen-bond donors (Lipinski definition) is 0. The van der Waals surface area contributed by atoms with Crippen LogP contribution in [0.5, 0.6) is 0 Å². The van der Waals surface area contributed by atoms with Gasteiger partial charge in [-0.1, -0.05) is 22.0 Å². The van der Waals surface area contributed by atoms with Crippen LogP contribution in [0.1, 0.15) is 21.7 Å². The second-order valence-electron chi connectivity index (χ2n) is 5.83. The van der Waals surface area contributed by atoms with Crippen LogP contribution in [0.3, 0.4) is 0 Å². The van der Waals surface area contributed by atoms with E-state index < -0.39 is 11.6 Å². The number of carbonyl (C=O) groups is 1. The lowest BCUT2D eigenvalue weighted by atomic mass is 10.1. The molecule has 0 radical (unpaired) electrons. The van der Waals surface area contributed by atoms with Crippen LogP contribution in [0.15, 0.2) is 62.3 Å². The van der Waals surface area contributed by atoms with Gasteiger partial charge in [-0.15, -0.1) is 0 Å². The fraction of sp³-hybridized carbons (Fsp3) is 0.105. The number of halogens is 1. The molecule has 0 bridgehead atoms.